The summed E-state index contributed by atoms with van der Waals surface area (Å²) < 4.78 is 14.2. The summed E-state index contributed by atoms with van der Waals surface area (Å²) in [6.07, 6.45) is 2.15. The maximum Gasteiger partial charge on any atom is 0.109 e. The van der Waals surface area contributed by atoms with E-state index in [1.165, 1.54) is 5.56 Å². The van der Waals surface area contributed by atoms with Gasteiger partial charge in [0.15, 0.2) is 0 Å². The smallest absolute Gasteiger partial charge is 0.109 e. The van der Waals surface area contributed by atoms with Gasteiger partial charge in [0.25, 0.3) is 0 Å². The van der Waals surface area contributed by atoms with E-state index >= 15 is 0 Å². The average molecular weight is 241 g/mol. The Morgan fingerprint density at radius 2 is 2.06 bits per heavy atom. The number of aryl methyl sites for hydroxylation is 2. The van der Waals surface area contributed by atoms with Crippen molar-refractivity contribution < 1.29 is 4.39 Å². The van der Waals surface area contributed by atoms with Gasteiger partial charge in [-0.3, -0.25) is 4.68 Å². The third-order valence-corrected chi connectivity index (χ3v) is 3.13. The number of rotatable bonds is 7. The van der Waals surface area contributed by atoms with E-state index in [1.807, 2.05) is 13.8 Å². The Morgan fingerprint density at radius 1 is 1.35 bits per heavy atom. The van der Waals surface area contributed by atoms with Crippen LogP contribution in [0.15, 0.2) is 0 Å². The van der Waals surface area contributed by atoms with Gasteiger partial charge >= 0.3 is 0 Å². The largest absolute Gasteiger partial charge is 0.310 e. The molecule has 1 N–H and O–H groups in total. The maximum absolute atomic E-state index is 12.4. The molecule has 0 saturated heterocycles. The van der Waals surface area contributed by atoms with Gasteiger partial charge in [-0.25, -0.2) is 4.39 Å². The lowest BCUT2D eigenvalue weighted by atomic mass is 10.0. The number of hydrogen-bond donors (Lipinski definition) is 1. The lowest BCUT2D eigenvalue weighted by molar-refractivity contribution is 0.421. The second-order valence-electron chi connectivity index (χ2n) is 4.41. The van der Waals surface area contributed by atoms with Crippen LogP contribution in [-0.2, 0) is 6.54 Å². The number of nitrogens with zero attached hydrogens (tertiary/aromatic N) is 2. The van der Waals surface area contributed by atoms with E-state index in [4.69, 9.17) is 0 Å². The van der Waals surface area contributed by atoms with Crippen molar-refractivity contribution in [2.75, 3.05) is 13.2 Å². The minimum Gasteiger partial charge on any atom is -0.310 e. The Bertz CT molecular complexity index is 347. The van der Waals surface area contributed by atoms with Gasteiger partial charge in [0.05, 0.1) is 12.2 Å². The Labute approximate surface area is 103 Å². The molecule has 0 aromatic carbocycles. The van der Waals surface area contributed by atoms with Crippen molar-refractivity contribution in [1.82, 2.24) is 15.1 Å². The minimum atomic E-state index is -0.361. The maximum atomic E-state index is 12.4. The third-order valence-electron chi connectivity index (χ3n) is 3.13. The molecule has 4 heteroatoms. The van der Waals surface area contributed by atoms with E-state index in [2.05, 4.69) is 24.3 Å². The van der Waals surface area contributed by atoms with Crippen LogP contribution >= 0.6 is 0 Å². The fourth-order valence-electron chi connectivity index (χ4n) is 2.28. The van der Waals surface area contributed by atoms with Crippen molar-refractivity contribution in [3.8, 4) is 0 Å². The fourth-order valence-corrected chi connectivity index (χ4v) is 2.28. The van der Waals surface area contributed by atoms with Crippen LogP contribution in [0.1, 0.15) is 49.7 Å². The zero-order chi connectivity index (χ0) is 12.8. The SMILES string of the molecule is CCCNC(CC)c1c(C)nn(CCF)c1C. The van der Waals surface area contributed by atoms with E-state index in [9.17, 15) is 4.39 Å². The molecule has 1 rings (SSSR count). The lowest BCUT2D eigenvalue weighted by Crippen LogP contribution is -2.22. The highest BCUT2D eigenvalue weighted by atomic mass is 19.1. The van der Waals surface area contributed by atoms with Crippen molar-refractivity contribution in [1.29, 1.82) is 0 Å². The standard InChI is InChI=1S/C13H24FN3/c1-5-8-15-12(6-2)13-10(3)16-17(9-7-14)11(13)4/h12,15H,5-9H2,1-4H3. The summed E-state index contributed by atoms with van der Waals surface area (Å²) in [5, 5.41) is 7.94. The van der Waals surface area contributed by atoms with Crippen molar-refractivity contribution in [2.45, 2.75) is 53.1 Å². The summed E-state index contributed by atoms with van der Waals surface area (Å²) in [7, 11) is 0. The lowest BCUT2D eigenvalue weighted by Gasteiger charge is -2.17. The molecule has 0 saturated carbocycles. The molecular formula is C13H24FN3. The molecule has 0 aliphatic rings. The van der Waals surface area contributed by atoms with Crippen LogP contribution in [0.3, 0.4) is 0 Å². The quantitative estimate of drug-likeness (QED) is 0.795. The molecule has 17 heavy (non-hydrogen) atoms. The molecule has 0 fully saturated rings. The first-order valence-electron chi connectivity index (χ1n) is 6.48. The molecular weight excluding hydrogens is 217 g/mol. The summed E-state index contributed by atoms with van der Waals surface area (Å²) in [6.45, 7) is 9.36. The summed E-state index contributed by atoms with van der Waals surface area (Å²) in [4.78, 5) is 0. The van der Waals surface area contributed by atoms with E-state index in [1.54, 1.807) is 4.68 Å². The van der Waals surface area contributed by atoms with Crippen LogP contribution in [-0.4, -0.2) is 23.0 Å². The molecule has 1 heterocycles. The van der Waals surface area contributed by atoms with Crippen LogP contribution < -0.4 is 5.32 Å². The van der Waals surface area contributed by atoms with Crippen molar-refractivity contribution in [3.63, 3.8) is 0 Å². The van der Waals surface area contributed by atoms with Gasteiger partial charge in [0.2, 0.25) is 0 Å². The Balaban J connectivity index is 2.93. The molecule has 1 atom stereocenters. The van der Waals surface area contributed by atoms with Crippen molar-refractivity contribution in [2.24, 2.45) is 0 Å². The first-order chi connectivity index (χ1) is 8.15. The predicted molar refractivity (Wildman–Crippen MR) is 69.0 cm³/mol. The number of alkyl halides is 1. The predicted octanol–water partition coefficient (Wildman–Crippen LogP) is 2.92. The molecule has 0 aliphatic heterocycles. The first kappa shape index (κ1) is 14.2. The van der Waals surface area contributed by atoms with Gasteiger partial charge in [-0.1, -0.05) is 13.8 Å². The fraction of sp³-hybridized carbons (Fsp3) is 0.769. The second kappa shape index (κ2) is 6.74. The number of aromatic nitrogens is 2. The van der Waals surface area contributed by atoms with Crippen LogP contribution in [0.25, 0.3) is 0 Å². The molecule has 0 aliphatic carbocycles. The summed E-state index contributed by atoms with van der Waals surface area (Å²) in [5.41, 5.74) is 3.36. The van der Waals surface area contributed by atoms with Crippen LogP contribution in [0, 0.1) is 13.8 Å². The Hall–Kier alpha value is -0.900. The molecule has 0 amide bonds. The zero-order valence-electron chi connectivity index (χ0n) is 11.4. The molecule has 0 spiro atoms. The Morgan fingerprint density at radius 3 is 2.59 bits per heavy atom. The van der Waals surface area contributed by atoms with E-state index < -0.39 is 0 Å². The first-order valence-corrected chi connectivity index (χ1v) is 6.48. The van der Waals surface area contributed by atoms with Gasteiger partial charge in [-0.05, 0) is 33.2 Å². The van der Waals surface area contributed by atoms with Gasteiger partial charge in [-0.15, -0.1) is 0 Å². The molecule has 1 unspecified atom stereocenters. The van der Waals surface area contributed by atoms with Crippen molar-refractivity contribution in [3.05, 3.63) is 17.0 Å². The monoisotopic (exact) mass is 241 g/mol. The Kier molecular flexibility index (Phi) is 5.62. The number of halogens is 1. The zero-order valence-corrected chi connectivity index (χ0v) is 11.4. The average Bonchev–Trinajstić information content (AvgIpc) is 2.58. The topological polar surface area (TPSA) is 29.9 Å². The van der Waals surface area contributed by atoms with E-state index in [0.717, 1.165) is 30.8 Å². The molecule has 3 nitrogen and oxygen atoms in total. The number of hydrogen-bond acceptors (Lipinski definition) is 2. The second-order valence-corrected chi connectivity index (χ2v) is 4.41. The van der Waals surface area contributed by atoms with Crippen molar-refractivity contribution >= 4 is 0 Å². The van der Waals surface area contributed by atoms with Crippen LogP contribution in [0.2, 0.25) is 0 Å². The molecule has 0 bridgehead atoms. The van der Waals surface area contributed by atoms with E-state index in [-0.39, 0.29) is 6.67 Å². The molecule has 1 aromatic rings. The highest BCUT2D eigenvalue weighted by Crippen LogP contribution is 2.24. The van der Waals surface area contributed by atoms with Gasteiger partial charge in [0, 0.05) is 17.3 Å². The highest BCUT2D eigenvalue weighted by molar-refractivity contribution is 5.28. The van der Waals surface area contributed by atoms with Gasteiger partial charge < -0.3 is 5.32 Å². The summed E-state index contributed by atoms with van der Waals surface area (Å²) >= 11 is 0. The van der Waals surface area contributed by atoms with Crippen LogP contribution in [0.4, 0.5) is 4.39 Å². The van der Waals surface area contributed by atoms with Gasteiger partial charge in [-0.2, -0.15) is 5.10 Å². The molecule has 0 radical (unpaired) electrons. The van der Waals surface area contributed by atoms with Crippen LogP contribution in [0.5, 0.6) is 0 Å². The third kappa shape index (κ3) is 3.28. The molecule has 1 aromatic heterocycles. The highest BCUT2D eigenvalue weighted by Gasteiger charge is 2.18. The minimum absolute atomic E-state index is 0.336. The summed E-state index contributed by atoms with van der Waals surface area (Å²) in [5.74, 6) is 0. The summed E-state index contributed by atoms with van der Waals surface area (Å²) in [6, 6.07) is 0.336. The number of nitrogens with one attached hydrogen (secondary N) is 1. The normalized spacial score (nSPS) is 13.0. The van der Waals surface area contributed by atoms with Gasteiger partial charge in [0.1, 0.15) is 6.67 Å². The van der Waals surface area contributed by atoms with E-state index in [0.29, 0.717) is 12.6 Å². The molecule has 98 valence electrons.